The third kappa shape index (κ3) is 1.23. The van der Waals surface area contributed by atoms with Crippen LogP contribution in [0.25, 0.3) is 0 Å². The lowest BCUT2D eigenvalue weighted by atomic mass is 10.1. The molecule has 0 amide bonds. The summed E-state index contributed by atoms with van der Waals surface area (Å²) in [7, 11) is 0. The first kappa shape index (κ1) is 5.63. The first-order chi connectivity index (χ1) is 3.79. The summed E-state index contributed by atoms with van der Waals surface area (Å²) in [6.45, 7) is 0. The minimum Gasteiger partial charge on any atom is -0.295 e. The van der Waals surface area contributed by atoms with Crippen molar-refractivity contribution < 1.29 is 4.79 Å². The number of ketones is 1. The van der Waals surface area contributed by atoms with Crippen LogP contribution in [-0.4, -0.2) is 10.6 Å². The zero-order chi connectivity index (χ0) is 5.98. The summed E-state index contributed by atoms with van der Waals surface area (Å²) in [6, 6.07) is 0. The summed E-state index contributed by atoms with van der Waals surface area (Å²) in [4.78, 5) is 11.4. The third-order valence-corrected chi connectivity index (χ3v) is 1.41. The SMILES string of the molecule is O=C1C=CC(=S)CC1. The minimum atomic E-state index is 0.193. The van der Waals surface area contributed by atoms with Crippen LogP contribution in [0.15, 0.2) is 12.2 Å². The molecule has 0 aromatic heterocycles. The Morgan fingerprint density at radius 2 is 2.12 bits per heavy atom. The van der Waals surface area contributed by atoms with E-state index in [0.29, 0.717) is 6.42 Å². The van der Waals surface area contributed by atoms with E-state index in [0.717, 1.165) is 11.3 Å². The lowest BCUT2D eigenvalue weighted by Crippen LogP contribution is -2.03. The Kier molecular flexibility index (Phi) is 1.53. The molecule has 0 aromatic rings. The van der Waals surface area contributed by atoms with Crippen molar-refractivity contribution >= 4 is 22.9 Å². The van der Waals surface area contributed by atoms with Crippen LogP contribution in [0.2, 0.25) is 0 Å². The molecule has 0 atom stereocenters. The highest BCUT2D eigenvalue weighted by atomic mass is 32.1. The van der Waals surface area contributed by atoms with Gasteiger partial charge in [-0.05, 0) is 18.6 Å². The minimum absolute atomic E-state index is 0.193. The van der Waals surface area contributed by atoms with Crippen molar-refractivity contribution in [3.8, 4) is 0 Å². The topological polar surface area (TPSA) is 17.1 Å². The average molecular weight is 126 g/mol. The molecule has 1 aliphatic rings. The molecule has 0 heterocycles. The van der Waals surface area contributed by atoms with Gasteiger partial charge < -0.3 is 0 Å². The van der Waals surface area contributed by atoms with Crippen LogP contribution < -0.4 is 0 Å². The lowest BCUT2D eigenvalue weighted by Gasteiger charge is -1.99. The van der Waals surface area contributed by atoms with Gasteiger partial charge in [-0.2, -0.15) is 0 Å². The molecule has 0 N–H and O–H groups in total. The summed E-state index contributed by atoms with van der Waals surface area (Å²) in [6.07, 6.45) is 4.63. The Morgan fingerprint density at radius 1 is 1.38 bits per heavy atom. The van der Waals surface area contributed by atoms with Crippen LogP contribution in [0.3, 0.4) is 0 Å². The Bertz CT molecular complexity index is 140. The number of hydrogen-bond donors (Lipinski definition) is 0. The fraction of sp³-hybridized carbons (Fsp3) is 0.333. The van der Waals surface area contributed by atoms with Gasteiger partial charge in [0, 0.05) is 11.3 Å². The van der Waals surface area contributed by atoms with E-state index in [9.17, 15) is 4.79 Å². The summed E-state index contributed by atoms with van der Waals surface area (Å²) in [5, 5.41) is 0. The van der Waals surface area contributed by atoms with Gasteiger partial charge >= 0.3 is 0 Å². The lowest BCUT2D eigenvalue weighted by molar-refractivity contribution is -0.114. The van der Waals surface area contributed by atoms with Gasteiger partial charge in [-0.3, -0.25) is 4.79 Å². The Labute approximate surface area is 53.4 Å². The van der Waals surface area contributed by atoms with E-state index in [4.69, 9.17) is 12.2 Å². The van der Waals surface area contributed by atoms with Gasteiger partial charge in [0.25, 0.3) is 0 Å². The predicted molar refractivity (Wildman–Crippen MR) is 36.0 cm³/mol. The van der Waals surface area contributed by atoms with E-state index in [2.05, 4.69) is 0 Å². The van der Waals surface area contributed by atoms with Crippen molar-refractivity contribution in [3.63, 3.8) is 0 Å². The number of rotatable bonds is 0. The van der Waals surface area contributed by atoms with Crippen molar-refractivity contribution in [2.75, 3.05) is 0 Å². The summed E-state index contributed by atoms with van der Waals surface area (Å²) in [5.74, 6) is 0.193. The van der Waals surface area contributed by atoms with E-state index >= 15 is 0 Å². The average Bonchev–Trinajstić information content (AvgIpc) is 1.77. The standard InChI is InChI=1S/C6H6OS/c7-5-1-3-6(8)4-2-5/h1,3H,2,4H2. The number of carbonyl (C=O) groups excluding carboxylic acids is 1. The monoisotopic (exact) mass is 126 g/mol. The van der Waals surface area contributed by atoms with Crippen LogP contribution in [0.5, 0.6) is 0 Å². The molecule has 0 unspecified atom stereocenters. The van der Waals surface area contributed by atoms with Gasteiger partial charge in [-0.25, -0.2) is 0 Å². The molecule has 1 nitrogen and oxygen atoms in total. The number of hydrogen-bond acceptors (Lipinski definition) is 2. The molecular formula is C6H6OS. The van der Waals surface area contributed by atoms with Crippen molar-refractivity contribution in [3.05, 3.63) is 12.2 Å². The molecule has 42 valence electrons. The van der Waals surface area contributed by atoms with Gasteiger partial charge in [-0.15, -0.1) is 0 Å². The number of carbonyl (C=O) groups is 1. The van der Waals surface area contributed by atoms with Crippen molar-refractivity contribution in [2.24, 2.45) is 0 Å². The number of thiocarbonyl (C=S) groups is 1. The van der Waals surface area contributed by atoms with Crippen LogP contribution >= 0.6 is 12.2 Å². The highest BCUT2D eigenvalue weighted by Gasteiger charge is 2.03. The zero-order valence-corrected chi connectivity index (χ0v) is 5.20. The second kappa shape index (κ2) is 2.18. The van der Waals surface area contributed by atoms with Gasteiger partial charge in [0.05, 0.1) is 0 Å². The van der Waals surface area contributed by atoms with Gasteiger partial charge in [-0.1, -0.05) is 12.2 Å². The summed E-state index contributed by atoms with van der Waals surface area (Å²) < 4.78 is 0. The zero-order valence-electron chi connectivity index (χ0n) is 4.39. The van der Waals surface area contributed by atoms with Gasteiger partial charge in [0.15, 0.2) is 5.78 Å². The molecule has 0 aliphatic heterocycles. The molecule has 0 bridgehead atoms. The third-order valence-electron chi connectivity index (χ3n) is 1.07. The highest BCUT2D eigenvalue weighted by molar-refractivity contribution is 7.80. The van der Waals surface area contributed by atoms with Crippen molar-refractivity contribution in [1.82, 2.24) is 0 Å². The van der Waals surface area contributed by atoms with Crippen molar-refractivity contribution in [2.45, 2.75) is 12.8 Å². The Balaban J connectivity index is 2.68. The normalized spacial score (nSPS) is 19.5. The molecule has 0 spiro atoms. The molecule has 8 heavy (non-hydrogen) atoms. The van der Waals surface area contributed by atoms with Gasteiger partial charge in [0.1, 0.15) is 0 Å². The molecule has 1 rings (SSSR count). The Hall–Kier alpha value is -0.500. The highest BCUT2D eigenvalue weighted by Crippen LogP contribution is 2.03. The van der Waals surface area contributed by atoms with E-state index < -0.39 is 0 Å². The van der Waals surface area contributed by atoms with Crippen molar-refractivity contribution in [1.29, 1.82) is 0 Å². The largest absolute Gasteiger partial charge is 0.295 e. The fourth-order valence-electron chi connectivity index (χ4n) is 0.599. The molecule has 0 aromatic carbocycles. The van der Waals surface area contributed by atoms with E-state index in [1.54, 1.807) is 12.2 Å². The maximum absolute atomic E-state index is 10.5. The van der Waals surface area contributed by atoms with Gasteiger partial charge in [0.2, 0.25) is 0 Å². The molecule has 0 saturated heterocycles. The van der Waals surface area contributed by atoms with E-state index in [-0.39, 0.29) is 5.78 Å². The fourth-order valence-corrected chi connectivity index (χ4v) is 0.769. The predicted octanol–water partition coefficient (Wildman–Crippen LogP) is 1.28. The Morgan fingerprint density at radius 3 is 2.50 bits per heavy atom. The van der Waals surface area contributed by atoms with Crippen LogP contribution in [0.4, 0.5) is 0 Å². The second-order valence-corrected chi connectivity index (χ2v) is 2.29. The maximum atomic E-state index is 10.5. The molecule has 2 heteroatoms. The smallest absolute Gasteiger partial charge is 0.156 e. The molecule has 0 saturated carbocycles. The quantitative estimate of drug-likeness (QED) is 0.455. The molecule has 1 aliphatic carbocycles. The second-order valence-electron chi connectivity index (χ2n) is 1.77. The van der Waals surface area contributed by atoms with E-state index in [1.807, 2.05) is 0 Å². The molecular weight excluding hydrogens is 120 g/mol. The first-order valence-corrected chi connectivity index (χ1v) is 2.93. The van der Waals surface area contributed by atoms with Crippen LogP contribution in [0.1, 0.15) is 12.8 Å². The maximum Gasteiger partial charge on any atom is 0.156 e. The molecule has 0 fully saturated rings. The molecule has 0 radical (unpaired) electrons. The summed E-state index contributed by atoms with van der Waals surface area (Å²) >= 11 is 4.82. The van der Waals surface area contributed by atoms with Crippen LogP contribution in [0, 0.1) is 0 Å². The van der Waals surface area contributed by atoms with E-state index in [1.165, 1.54) is 0 Å². The first-order valence-electron chi connectivity index (χ1n) is 2.53. The number of allylic oxidation sites excluding steroid dienone is 2. The summed E-state index contributed by atoms with van der Waals surface area (Å²) in [5.41, 5.74) is 0. The van der Waals surface area contributed by atoms with Crippen LogP contribution in [-0.2, 0) is 4.79 Å².